The molecule has 0 heterocycles. The SMILES string of the molecule is CCOC=O.CN(C)CC(=O)O.Cl. The summed E-state index contributed by atoms with van der Waals surface area (Å²) < 4.78 is 4.15. The summed E-state index contributed by atoms with van der Waals surface area (Å²) in [7, 11) is 3.43. The molecule has 80 valence electrons. The first-order valence-electron chi connectivity index (χ1n) is 3.46. The minimum absolute atomic E-state index is 0. The van der Waals surface area contributed by atoms with Crippen LogP contribution in [0.5, 0.6) is 0 Å². The third-order valence-corrected chi connectivity index (χ3v) is 0.686. The second-order valence-corrected chi connectivity index (χ2v) is 2.18. The monoisotopic (exact) mass is 213 g/mol. The molecule has 0 aromatic carbocycles. The molecule has 0 atom stereocenters. The highest BCUT2D eigenvalue weighted by Crippen LogP contribution is 1.69. The van der Waals surface area contributed by atoms with E-state index < -0.39 is 5.97 Å². The molecule has 0 saturated carbocycles. The van der Waals surface area contributed by atoms with E-state index >= 15 is 0 Å². The van der Waals surface area contributed by atoms with Crippen LogP contribution in [0.2, 0.25) is 0 Å². The van der Waals surface area contributed by atoms with Crippen molar-refractivity contribution < 1.29 is 19.4 Å². The van der Waals surface area contributed by atoms with Crippen molar-refractivity contribution in [2.75, 3.05) is 27.2 Å². The highest BCUT2D eigenvalue weighted by atomic mass is 35.5. The maximum Gasteiger partial charge on any atom is 0.317 e. The van der Waals surface area contributed by atoms with Crippen LogP contribution < -0.4 is 0 Å². The lowest BCUT2D eigenvalue weighted by Crippen LogP contribution is -2.20. The Labute approximate surface area is 84.1 Å². The van der Waals surface area contributed by atoms with Crippen LogP contribution in [0.1, 0.15) is 6.92 Å². The molecule has 0 aromatic heterocycles. The molecule has 0 aliphatic carbocycles. The summed E-state index contributed by atoms with van der Waals surface area (Å²) in [5.41, 5.74) is 0. The van der Waals surface area contributed by atoms with Crippen molar-refractivity contribution >= 4 is 24.8 Å². The van der Waals surface area contributed by atoms with E-state index in [2.05, 4.69) is 4.74 Å². The van der Waals surface area contributed by atoms with E-state index in [1.54, 1.807) is 25.9 Å². The summed E-state index contributed by atoms with van der Waals surface area (Å²) in [5.74, 6) is -0.787. The van der Waals surface area contributed by atoms with Crippen LogP contribution in [-0.4, -0.2) is 49.7 Å². The maximum absolute atomic E-state index is 9.77. The van der Waals surface area contributed by atoms with Crippen LogP contribution in [-0.2, 0) is 14.3 Å². The number of hydrogen-bond donors (Lipinski definition) is 1. The summed E-state index contributed by atoms with van der Waals surface area (Å²) >= 11 is 0. The van der Waals surface area contributed by atoms with Crippen molar-refractivity contribution in [1.29, 1.82) is 0 Å². The summed E-state index contributed by atoms with van der Waals surface area (Å²) in [4.78, 5) is 20.6. The first-order valence-corrected chi connectivity index (χ1v) is 3.46. The van der Waals surface area contributed by atoms with E-state index in [0.717, 1.165) is 0 Å². The number of carboxylic acid groups (broad SMARTS) is 1. The van der Waals surface area contributed by atoms with Gasteiger partial charge in [0.25, 0.3) is 6.47 Å². The first kappa shape index (κ1) is 18.1. The van der Waals surface area contributed by atoms with E-state index in [9.17, 15) is 9.59 Å². The molecule has 0 radical (unpaired) electrons. The van der Waals surface area contributed by atoms with Crippen LogP contribution in [0.3, 0.4) is 0 Å². The largest absolute Gasteiger partial charge is 0.480 e. The van der Waals surface area contributed by atoms with E-state index in [1.807, 2.05) is 0 Å². The zero-order valence-electron chi connectivity index (χ0n) is 8.02. The maximum atomic E-state index is 9.77. The third kappa shape index (κ3) is 35.1. The topological polar surface area (TPSA) is 66.8 Å². The van der Waals surface area contributed by atoms with Crippen molar-refractivity contribution in [1.82, 2.24) is 4.90 Å². The highest BCUT2D eigenvalue weighted by molar-refractivity contribution is 5.85. The third-order valence-electron chi connectivity index (χ3n) is 0.686. The van der Waals surface area contributed by atoms with Gasteiger partial charge in [0.15, 0.2) is 0 Å². The highest BCUT2D eigenvalue weighted by Gasteiger charge is 1.94. The van der Waals surface area contributed by atoms with E-state index in [0.29, 0.717) is 13.1 Å². The zero-order chi connectivity index (χ0) is 9.98. The molecule has 5 nitrogen and oxygen atoms in total. The molecule has 0 spiro atoms. The second-order valence-electron chi connectivity index (χ2n) is 2.18. The predicted molar refractivity (Wildman–Crippen MR) is 51.1 cm³/mol. The van der Waals surface area contributed by atoms with E-state index in [1.165, 1.54) is 0 Å². The number of hydrogen-bond acceptors (Lipinski definition) is 4. The van der Waals surface area contributed by atoms with Gasteiger partial charge in [0.1, 0.15) is 0 Å². The number of carbonyl (C=O) groups is 2. The minimum atomic E-state index is -0.787. The Hall–Kier alpha value is -0.810. The Bertz CT molecular complexity index is 130. The molecule has 0 aliphatic heterocycles. The fourth-order valence-corrected chi connectivity index (χ4v) is 0.339. The number of rotatable bonds is 4. The van der Waals surface area contributed by atoms with Crippen LogP contribution in [0.15, 0.2) is 0 Å². The van der Waals surface area contributed by atoms with Gasteiger partial charge >= 0.3 is 5.97 Å². The fraction of sp³-hybridized carbons (Fsp3) is 0.714. The standard InChI is InChI=1S/C4H9NO2.C3H6O2.ClH/c1-5(2)3-4(6)7;1-2-5-3-4;/h3H2,1-2H3,(H,6,7);3H,2H2,1H3;1H. The number of carboxylic acids is 1. The number of aliphatic carboxylic acids is 1. The van der Waals surface area contributed by atoms with E-state index in [-0.39, 0.29) is 19.0 Å². The van der Waals surface area contributed by atoms with Gasteiger partial charge in [-0.3, -0.25) is 14.5 Å². The Morgan fingerprint density at radius 2 is 2.00 bits per heavy atom. The Balaban J connectivity index is -0.000000150. The lowest BCUT2D eigenvalue weighted by molar-refractivity contribution is -0.137. The molecule has 0 aromatic rings. The van der Waals surface area contributed by atoms with Gasteiger partial charge in [-0.15, -0.1) is 12.4 Å². The average Bonchev–Trinajstić information content (AvgIpc) is 1.87. The normalized spacial score (nSPS) is 7.69. The Kier molecular flexibility index (Phi) is 19.1. The van der Waals surface area contributed by atoms with Gasteiger partial charge in [-0.2, -0.15) is 0 Å². The molecule has 0 fully saturated rings. The number of halogens is 1. The molecule has 0 unspecified atom stereocenters. The quantitative estimate of drug-likeness (QED) is 0.678. The molecule has 6 heteroatoms. The Morgan fingerprint density at radius 1 is 1.54 bits per heavy atom. The zero-order valence-corrected chi connectivity index (χ0v) is 8.84. The van der Waals surface area contributed by atoms with Gasteiger partial charge in [0.2, 0.25) is 0 Å². The number of carbonyl (C=O) groups excluding carboxylic acids is 1. The van der Waals surface area contributed by atoms with Crippen LogP contribution in [0, 0.1) is 0 Å². The average molecular weight is 214 g/mol. The number of nitrogens with zero attached hydrogens (tertiary/aromatic N) is 1. The number of ether oxygens (including phenoxy) is 1. The second kappa shape index (κ2) is 13.8. The summed E-state index contributed by atoms with van der Waals surface area (Å²) in [5, 5.41) is 8.04. The Morgan fingerprint density at radius 3 is 2.00 bits per heavy atom. The molecule has 0 saturated heterocycles. The van der Waals surface area contributed by atoms with Crippen molar-refractivity contribution in [2.45, 2.75) is 6.92 Å². The van der Waals surface area contributed by atoms with E-state index in [4.69, 9.17) is 5.11 Å². The van der Waals surface area contributed by atoms with Crippen LogP contribution in [0.25, 0.3) is 0 Å². The van der Waals surface area contributed by atoms with Gasteiger partial charge in [-0.05, 0) is 21.0 Å². The molecule has 0 amide bonds. The lowest BCUT2D eigenvalue weighted by atomic mass is 10.6. The van der Waals surface area contributed by atoms with Crippen LogP contribution in [0.4, 0.5) is 0 Å². The lowest BCUT2D eigenvalue weighted by Gasteiger charge is -2.01. The van der Waals surface area contributed by atoms with Crippen LogP contribution >= 0.6 is 12.4 Å². The van der Waals surface area contributed by atoms with Gasteiger partial charge in [0.05, 0.1) is 13.2 Å². The molecular weight excluding hydrogens is 198 g/mol. The summed E-state index contributed by atoms with van der Waals surface area (Å²) in [6.45, 7) is 2.78. The fourth-order valence-electron chi connectivity index (χ4n) is 0.339. The summed E-state index contributed by atoms with van der Waals surface area (Å²) in [6.07, 6.45) is 0. The number of likely N-dealkylation sites (N-methyl/N-ethyl adjacent to an activating group) is 1. The van der Waals surface area contributed by atoms with Gasteiger partial charge < -0.3 is 9.84 Å². The minimum Gasteiger partial charge on any atom is -0.480 e. The van der Waals surface area contributed by atoms with Crippen molar-refractivity contribution in [3.8, 4) is 0 Å². The summed E-state index contributed by atoms with van der Waals surface area (Å²) in [6, 6.07) is 0. The van der Waals surface area contributed by atoms with Gasteiger partial charge in [-0.1, -0.05) is 0 Å². The van der Waals surface area contributed by atoms with Gasteiger partial charge in [0, 0.05) is 0 Å². The molecular formula is C7H16ClNO4. The molecule has 0 bridgehead atoms. The smallest absolute Gasteiger partial charge is 0.317 e. The molecule has 0 rings (SSSR count). The van der Waals surface area contributed by atoms with Crippen molar-refractivity contribution in [3.05, 3.63) is 0 Å². The molecule has 1 N–H and O–H groups in total. The predicted octanol–water partition coefficient (Wildman–Crippen LogP) is 0.234. The van der Waals surface area contributed by atoms with Gasteiger partial charge in [-0.25, -0.2) is 0 Å². The van der Waals surface area contributed by atoms with Crippen molar-refractivity contribution in [3.63, 3.8) is 0 Å². The first-order chi connectivity index (χ1) is 5.54. The van der Waals surface area contributed by atoms with Crippen molar-refractivity contribution in [2.24, 2.45) is 0 Å². The molecule has 13 heavy (non-hydrogen) atoms. The molecule has 0 aliphatic rings.